The summed E-state index contributed by atoms with van der Waals surface area (Å²) in [6, 6.07) is 3.09. The molecule has 0 radical (unpaired) electrons. The zero-order chi connectivity index (χ0) is 16.6. The maximum atomic E-state index is 12.1. The lowest BCUT2D eigenvalue weighted by atomic mass is 9.56. The summed E-state index contributed by atoms with van der Waals surface area (Å²) in [5, 5.41) is 5.06. The Bertz CT molecular complexity index is 579. The molecule has 1 heterocycles. The Balaban J connectivity index is 1.23. The van der Waals surface area contributed by atoms with Gasteiger partial charge in [0.2, 0.25) is 5.91 Å². The Kier molecular flexibility index (Phi) is 4.33. The smallest absolute Gasteiger partial charge is 0.321 e. The summed E-state index contributed by atoms with van der Waals surface area (Å²) < 4.78 is 5.44. The average molecular weight is 348 g/mol. The van der Waals surface area contributed by atoms with Crippen LogP contribution in [0, 0.1) is 17.8 Å². The van der Waals surface area contributed by atoms with Crippen LogP contribution in [0.3, 0.4) is 0 Å². The quantitative estimate of drug-likeness (QED) is 0.856. The standard InChI is InChI=1S/C18H24N2O3S/c21-16(20-17(22)19-10-15-2-1-3-23-15)11-24-18-7-12-4-13(8-18)6-14(5-12)9-18/h1-3,12-14H,4-11H2,(H2,19,20,21,22). The normalized spacial score (nSPS) is 33.4. The van der Waals surface area contributed by atoms with E-state index in [1.165, 1.54) is 38.5 Å². The molecule has 3 amide bonds. The molecule has 1 aromatic rings. The van der Waals surface area contributed by atoms with E-state index >= 15 is 0 Å². The third-order valence-corrected chi connectivity index (χ3v) is 7.27. The third-order valence-electron chi connectivity index (χ3n) is 5.75. The number of furan rings is 1. The minimum atomic E-state index is -0.456. The van der Waals surface area contributed by atoms with Gasteiger partial charge in [-0.3, -0.25) is 10.1 Å². The van der Waals surface area contributed by atoms with Gasteiger partial charge in [-0.15, -0.1) is 11.8 Å². The van der Waals surface area contributed by atoms with Crippen molar-refractivity contribution in [1.82, 2.24) is 10.6 Å². The molecule has 4 saturated carbocycles. The van der Waals surface area contributed by atoms with Crippen LogP contribution < -0.4 is 10.6 Å². The first kappa shape index (κ1) is 16.1. The first-order valence-corrected chi connectivity index (χ1v) is 9.83. The predicted octanol–water partition coefficient (Wildman–Crippen LogP) is 3.31. The van der Waals surface area contributed by atoms with E-state index in [4.69, 9.17) is 4.42 Å². The first-order valence-electron chi connectivity index (χ1n) is 8.84. The zero-order valence-electron chi connectivity index (χ0n) is 13.8. The number of thioether (sulfide) groups is 1. The number of carbonyl (C=O) groups excluding carboxylic acids is 2. The number of hydrogen-bond acceptors (Lipinski definition) is 4. The van der Waals surface area contributed by atoms with E-state index in [9.17, 15) is 9.59 Å². The Morgan fingerprint density at radius 2 is 1.83 bits per heavy atom. The number of nitrogens with one attached hydrogen (secondary N) is 2. The van der Waals surface area contributed by atoms with Crippen LogP contribution in [0.1, 0.15) is 44.3 Å². The maximum Gasteiger partial charge on any atom is 0.321 e. The van der Waals surface area contributed by atoms with Crippen LogP contribution in [0.2, 0.25) is 0 Å². The van der Waals surface area contributed by atoms with Crippen molar-refractivity contribution in [2.45, 2.75) is 49.8 Å². The summed E-state index contributed by atoms with van der Waals surface area (Å²) in [6.07, 6.45) is 9.57. The highest BCUT2D eigenvalue weighted by Crippen LogP contribution is 2.60. The highest BCUT2D eigenvalue weighted by atomic mass is 32.2. The second-order valence-electron chi connectivity index (χ2n) is 7.70. The van der Waals surface area contributed by atoms with E-state index in [1.54, 1.807) is 30.2 Å². The van der Waals surface area contributed by atoms with Gasteiger partial charge in [-0.05, 0) is 68.4 Å². The molecule has 4 bridgehead atoms. The minimum absolute atomic E-state index is 0.201. The fraction of sp³-hybridized carbons (Fsp3) is 0.667. The van der Waals surface area contributed by atoms with Crippen molar-refractivity contribution in [1.29, 1.82) is 0 Å². The molecular weight excluding hydrogens is 324 g/mol. The van der Waals surface area contributed by atoms with E-state index in [2.05, 4.69) is 10.6 Å². The molecule has 5 rings (SSSR count). The molecule has 0 aromatic carbocycles. The van der Waals surface area contributed by atoms with E-state index in [0.717, 1.165) is 17.8 Å². The van der Waals surface area contributed by atoms with Gasteiger partial charge < -0.3 is 9.73 Å². The molecule has 0 unspecified atom stereocenters. The van der Waals surface area contributed by atoms with Gasteiger partial charge in [0.05, 0.1) is 18.6 Å². The Hall–Kier alpha value is -1.43. The van der Waals surface area contributed by atoms with Crippen molar-refractivity contribution in [3.63, 3.8) is 0 Å². The minimum Gasteiger partial charge on any atom is -0.467 e. The second-order valence-corrected chi connectivity index (χ2v) is 9.14. The Labute approximate surface area is 146 Å². The van der Waals surface area contributed by atoms with Crippen molar-refractivity contribution >= 4 is 23.7 Å². The van der Waals surface area contributed by atoms with Gasteiger partial charge in [0, 0.05) is 4.75 Å². The third kappa shape index (κ3) is 3.48. The van der Waals surface area contributed by atoms with Gasteiger partial charge in [0.1, 0.15) is 5.76 Å². The van der Waals surface area contributed by atoms with Crippen molar-refractivity contribution < 1.29 is 14.0 Å². The van der Waals surface area contributed by atoms with E-state index in [1.807, 2.05) is 0 Å². The van der Waals surface area contributed by atoms with Gasteiger partial charge in [0.25, 0.3) is 0 Å². The lowest BCUT2D eigenvalue weighted by Gasteiger charge is -2.56. The molecule has 4 aliphatic carbocycles. The van der Waals surface area contributed by atoms with E-state index in [0.29, 0.717) is 16.3 Å². The van der Waals surface area contributed by atoms with Crippen molar-refractivity contribution in [2.24, 2.45) is 17.8 Å². The number of hydrogen-bond donors (Lipinski definition) is 2. The Morgan fingerprint density at radius 1 is 1.17 bits per heavy atom. The number of amides is 3. The number of urea groups is 1. The molecule has 4 fully saturated rings. The summed E-state index contributed by atoms with van der Waals surface area (Å²) in [7, 11) is 0. The predicted molar refractivity (Wildman–Crippen MR) is 92.4 cm³/mol. The average Bonchev–Trinajstić information content (AvgIpc) is 3.03. The number of imide groups is 1. The monoisotopic (exact) mass is 348 g/mol. The fourth-order valence-corrected chi connectivity index (χ4v) is 6.78. The molecule has 130 valence electrons. The SMILES string of the molecule is O=C(CSC12CC3CC(CC(C3)C1)C2)NC(=O)NCc1ccco1. The lowest BCUT2D eigenvalue weighted by molar-refractivity contribution is -0.117. The van der Waals surface area contributed by atoms with Crippen LogP contribution in [-0.2, 0) is 11.3 Å². The second kappa shape index (κ2) is 6.47. The molecule has 5 nitrogen and oxygen atoms in total. The maximum absolute atomic E-state index is 12.1. The van der Waals surface area contributed by atoms with Crippen LogP contribution in [0.15, 0.2) is 22.8 Å². The van der Waals surface area contributed by atoms with Crippen molar-refractivity contribution in [3.05, 3.63) is 24.2 Å². The molecule has 0 aliphatic heterocycles. The molecule has 0 saturated heterocycles. The van der Waals surface area contributed by atoms with Crippen molar-refractivity contribution in [2.75, 3.05) is 5.75 Å². The molecule has 1 aromatic heterocycles. The largest absolute Gasteiger partial charge is 0.467 e. The summed E-state index contributed by atoms with van der Waals surface area (Å²) in [6.45, 7) is 0.286. The topological polar surface area (TPSA) is 71.3 Å². The lowest BCUT2D eigenvalue weighted by Crippen LogP contribution is -2.49. The summed E-state index contributed by atoms with van der Waals surface area (Å²) in [4.78, 5) is 23.9. The summed E-state index contributed by atoms with van der Waals surface area (Å²) >= 11 is 1.79. The summed E-state index contributed by atoms with van der Waals surface area (Å²) in [5.41, 5.74) is 0. The van der Waals surface area contributed by atoms with Gasteiger partial charge in [0.15, 0.2) is 0 Å². The van der Waals surface area contributed by atoms with Crippen LogP contribution in [0.5, 0.6) is 0 Å². The van der Waals surface area contributed by atoms with Crippen LogP contribution in [0.4, 0.5) is 4.79 Å². The molecule has 4 aliphatic rings. The highest BCUT2D eigenvalue weighted by molar-refractivity contribution is 8.01. The molecule has 0 atom stereocenters. The van der Waals surface area contributed by atoms with Gasteiger partial charge in [-0.25, -0.2) is 4.79 Å². The van der Waals surface area contributed by atoms with Crippen LogP contribution in [0.25, 0.3) is 0 Å². The molecule has 0 spiro atoms. The fourth-order valence-electron chi connectivity index (χ4n) is 5.21. The zero-order valence-corrected chi connectivity index (χ0v) is 14.6. The molecule has 2 N–H and O–H groups in total. The molecule has 24 heavy (non-hydrogen) atoms. The number of carbonyl (C=O) groups is 2. The molecular formula is C18H24N2O3S. The van der Waals surface area contributed by atoms with Crippen molar-refractivity contribution in [3.8, 4) is 0 Å². The summed E-state index contributed by atoms with van der Waals surface area (Å²) in [5.74, 6) is 3.48. The Morgan fingerprint density at radius 3 is 2.42 bits per heavy atom. The highest BCUT2D eigenvalue weighted by Gasteiger charge is 2.51. The van der Waals surface area contributed by atoms with Gasteiger partial charge in [-0.2, -0.15) is 0 Å². The van der Waals surface area contributed by atoms with Gasteiger partial charge in [-0.1, -0.05) is 0 Å². The van der Waals surface area contributed by atoms with Crippen LogP contribution in [-0.4, -0.2) is 22.4 Å². The van der Waals surface area contributed by atoms with E-state index < -0.39 is 6.03 Å². The molecule has 6 heteroatoms. The van der Waals surface area contributed by atoms with E-state index in [-0.39, 0.29) is 12.5 Å². The first-order chi connectivity index (χ1) is 11.6. The van der Waals surface area contributed by atoms with Gasteiger partial charge >= 0.3 is 6.03 Å². The van der Waals surface area contributed by atoms with Crippen LogP contribution >= 0.6 is 11.8 Å². The number of rotatable bonds is 5.